The third kappa shape index (κ3) is 3.88. The molecule has 0 bridgehead atoms. The number of aromatic nitrogens is 4. The predicted molar refractivity (Wildman–Crippen MR) is 120 cm³/mol. The lowest BCUT2D eigenvalue weighted by Crippen LogP contribution is -2.39. The number of aromatic amines is 1. The highest BCUT2D eigenvalue weighted by atomic mass is 32.2. The van der Waals surface area contributed by atoms with Crippen molar-refractivity contribution >= 4 is 20.9 Å². The zero-order chi connectivity index (χ0) is 21.4. The topological polar surface area (TPSA) is 83.9 Å². The average Bonchev–Trinajstić information content (AvgIpc) is 3.44. The Morgan fingerprint density at radius 3 is 2.68 bits per heavy atom. The van der Waals surface area contributed by atoms with Crippen LogP contribution in [0.3, 0.4) is 0 Å². The number of sulfonamides is 1. The van der Waals surface area contributed by atoms with Gasteiger partial charge in [0, 0.05) is 54.2 Å². The molecule has 1 aliphatic rings. The van der Waals surface area contributed by atoms with Crippen LogP contribution in [0.2, 0.25) is 0 Å². The first-order valence-corrected chi connectivity index (χ1v) is 12.0. The summed E-state index contributed by atoms with van der Waals surface area (Å²) in [6.07, 6.45) is 7.54. The molecule has 1 aliphatic heterocycles. The van der Waals surface area contributed by atoms with Crippen molar-refractivity contribution in [1.82, 2.24) is 24.1 Å². The maximum atomic E-state index is 12.9. The lowest BCUT2D eigenvalue weighted by molar-refractivity contribution is 0.254. The van der Waals surface area contributed by atoms with E-state index in [1.807, 2.05) is 25.4 Å². The van der Waals surface area contributed by atoms with Crippen LogP contribution in [-0.4, -0.2) is 45.6 Å². The molecule has 0 atom stereocenters. The van der Waals surface area contributed by atoms with Gasteiger partial charge < -0.3 is 4.57 Å². The van der Waals surface area contributed by atoms with Crippen LogP contribution in [0.25, 0.3) is 22.0 Å². The van der Waals surface area contributed by atoms with E-state index in [0.29, 0.717) is 24.7 Å². The summed E-state index contributed by atoms with van der Waals surface area (Å²) in [5, 5.41) is 8.23. The monoisotopic (exact) mass is 435 g/mol. The zero-order valence-electron chi connectivity index (χ0n) is 17.4. The van der Waals surface area contributed by atoms with Gasteiger partial charge in [0.1, 0.15) is 0 Å². The van der Waals surface area contributed by atoms with E-state index in [0.717, 1.165) is 30.5 Å². The Morgan fingerprint density at radius 1 is 1.10 bits per heavy atom. The Bertz CT molecular complexity index is 1300. The average molecular weight is 436 g/mol. The number of hydrogen-bond acceptors (Lipinski definition) is 4. The van der Waals surface area contributed by atoms with Crippen LogP contribution in [0.1, 0.15) is 18.5 Å². The van der Waals surface area contributed by atoms with E-state index in [4.69, 9.17) is 0 Å². The molecular weight excluding hydrogens is 410 g/mol. The normalized spacial score (nSPS) is 16.2. The first kappa shape index (κ1) is 20.0. The lowest BCUT2D eigenvalue weighted by atomic mass is 9.98. The molecule has 1 N–H and O–H groups in total. The van der Waals surface area contributed by atoms with Gasteiger partial charge in [-0.3, -0.25) is 5.10 Å². The number of piperidine rings is 1. The van der Waals surface area contributed by atoms with E-state index in [2.05, 4.69) is 50.2 Å². The molecule has 160 valence electrons. The summed E-state index contributed by atoms with van der Waals surface area (Å²) in [5.41, 5.74) is 4.13. The van der Waals surface area contributed by atoms with Gasteiger partial charge in [-0.05, 0) is 61.6 Å². The Hall–Kier alpha value is -2.97. The van der Waals surface area contributed by atoms with Crippen LogP contribution >= 0.6 is 0 Å². The molecule has 4 heterocycles. The number of H-pyrrole nitrogens is 1. The fourth-order valence-electron chi connectivity index (χ4n) is 4.35. The Labute approximate surface area is 181 Å². The number of nitrogens with one attached hydrogen (secondary N) is 1. The quantitative estimate of drug-likeness (QED) is 0.516. The number of nitrogens with zero attached hydrogens (tertiary/aromatic N) is 4. The first-order valence-electron chi connectivity index (χ1n) is 10.5. The zero-order valence-corrected chi connectivity index (χ0v) is 18.2. The molecule has 31 heavy (non-hydrogen) atoms. The minimum atomic E-state index is -3.52. The van der Waals surface area contributed by atoms with Crippen molar-refractivity contribution < 1.29 is 8.42 Å². The lowest BCUT2D eigenvalue weighted by Gasteiger charge is -2.31. The van der Waals surface area contributed by atoms with Gasteiger partial charge in [-0.1, -0.05) is 12.1 Å². The van der Waals surface area contributed by atoms with Crippen LogP contribution in [0.15, 0.2) is 66.1 Å². The summed E-state index contributed by atoms with van der Waals surface area (Å²) in [7, 11) is -3.52. The highest BCUT2D eigenvalue weighted by molar-refractivity contribution is 7.89. The van der Waals surface area contributed by atoms with E-state index >= 15 is 0 Å². The summed E-state index contributed by atoms with van der Waals surface area (Å²) < 4.78 is 29.7. The highest BCUT2D eigenvalue weighted by Crippen LogP contribution is 2.28. The molecule has 7 nitrogen and oxygen atoms in total. The van der Waals surface area contributed by atoms with E-state index in [1.165, 1.54) is 10.9 Å². The van der Waals surface area contributed by atoms with Gasteiger partial charge in [-0.15, -0.1) is 0 Å². The largest absolute Gasteiger partial charge is 0.347 e. The van der Waals surface area contributed by atoms with Crippen molar-refractivity contribution in [2.45, 2.75) is 31.3 Å². The van der Waals surface area contributed by atoms with Gasteiger partial charge in [-0.25, -0.2) is 13.4 Å². The van der Waals surface area contributed by atoms with Crippen LogP contribution in [-0.2, 0) is 16.6 Å². The predicted octanol–water partition coefficient (Wildman–Crippen LogP) is 3.84. The van der Waals surface area contributed by atoms with Gasteiger partial charge in [0.05, 0.1) is 6.20 Å². The number of hydrogen-bond donors (Lipinski definition) is 1. The summed E-state index contributed by atoms with van der Waals surface area (Å²) in [6, 6.07) is 13.7. The Morgan fingerprint density at radius 2 is 1.94 bits per heavy atom. The van der Waals surface area contributed by atoms with Gasteiger partial charge >= 0.3 is 0 Å². The second-order valence-electron chi connectivity index (χ2n) is 8.19. The molecule has 0 unspecified atom stereocenters. The summed E-state index contributed by atoms with van der Waals surface area (Å²) in [5.74, 6) is 0.445. The molecule has 3 aromatic heterocycles. The van der Waals surface area contributed by atoms with Crippen molar-refractivity contribution in [1.29, 1.82) is 0 Å². The molecule has 8 heteroatoms. The third-order valence-corrected chi connectivity index (χ3v) is 7.90. The first-order chi connectivity index (χ1) is 15.0. The van der Waals surface area contributed by atoms with E-state index in [1.54, 1.807) is 16.4 Å². The number of fused-ring (bicyclic) bond motifs is 1. The number of pyridine rings is 1. The minimum Gasteiger partial charge on any atom is -0.347 e. The SMILES string of the molecule is Cc1cccc(S(=O)(=O)N2CCC(Cn3ccc4cc(-c5cn[nH]c5)ccc43)CC2)n1. The maximum Gasteiger partial charge on any atom is 0.260 e. The van der Waals surface area contributed by atoms with Gasteiger partial charge in [-0.2, -0.15) is 9.40 Å². The molecule has 0 amide bonds. The molecule has 1 saturated heterocycles. The molecule has 5 rings (SSSR count). The molecule has 0 aliphatic carbocycles. The van der Waals surface area contributed by atoms with Gasteiger partial charge in [0.2, 0.25) is 0 Å². The molecule has 1 aromatic carbocycles. The summed E-state index contributed by atoms with van der Waals surface area (Å²) in [4.78, 5) is 4.22. The molecule has 0 saturated carbocycles. The summed E-state index contributed by atoms with van der Waals surface area (Å²) >= 11 is 0. The molecule has 1 fully saturated rings. The Kier molecular flexibility index (Phi) is 5.11. The third-order valence-electron chi connectivity index (χ3n) is 6.10. The van der Waals surface area contributed by atoms with E-state index in [-0.39, 0.29) is 5.03 Å². The van der Waals surface area contributed by atoms with E-state index in [9.17, 15) is 8.42 Å². The molecule has 0 spiro atoms. The van der Waals surface area contributed by atoms with Gasteiger partial charge in [0.15, 0.2) is 5.03 Å². The van der Waals surface area contributed by atoms with Crippen LogP contribution in [0, 0.1) is 12.8 Å². The minimum absolute atomic E-state index is 0.149. The second-order valence-corrected chi connectivity index (χ2v) is 10.1. The van der Waals surface area contributed by atoms with E-state index < -0.39 is 10.0 Å². The Balaban J connectivity index is 1.27. The molecule has 0 radical (unpaired) electrons. The van der Waals surface area contributed by atoms with Crippen LogP contribution in [0.5, 0.6) is 0 Å². The standard InChI is InChI=1S/C23H25N5O2S/c1-17-3-2-4-23(26-17)31(29,30)28-11-7-18(8-12-28)16-27-10-9-20-13-19(5-6-22(20)27)21-14-24-25-15-21/h2-6,9-10,13-15,18H,7-8,11-12,16H2,1H3,(H,24,25). The van der Waals surface area contributed by atoms with Crippen molar-refractivity contribution in [2.24, 2.45) is 5.92 Å². The summed E-state index contributed by atoms with van der Waals surface area (Å²) in [6.45, 7) is 3.77. The highest BCUT2D eigenvalue weighted by Gasteiger charge is 2.30. The van der Waals surface area contributed by atoms with Crippen molar-refractivity contribution in [3.63, 3.8) is 0 Å². The number of rotatable bonds is 5. The van der Waals surface area contributed by atoms with Crippen LogP contribution in [0.4, 0.5) is 0 Å². The maximum absolute atomic E-state index is 12.9. The second kappa shape index (κ2) is 7.94. The molecule has 4 aromatic rings. The van der Waals surface area contributed by atoms with Crippen molar-refractivity contribution in [3.05, 3.63) is 66.7 Å². The van der Waals surface area contributed by atoms with Gasteiger partial charge in [0.25, 0.3) is 10.0 Å². The van der Waals surface area contributed by atoms with Crippen molar-refractivity contribution in [2.75, 3.05) is 13.1 Å². The fraction of sp³-hybridized carbons (Fsp3) is 0.304. The van der Waals surface area contributed by atoms with Crippen LogP contribution < -0.4 is 0 Å². The number of benzene rings is 1. The molecular formula is C23H25N5O2S. The fourth-order valence-corrected chi connectivity index (χ4v) is 5.82. The smallest absolute Gasteiger partial charge is 0.260 e. The van der Waals surface area contributed by atoms with Crippen molar-refractivity contribution in [3.8, 4) is 11.1 Å². The number of aryl methyl sites for hydroxylation is 1.